The van der Waals surface area contributed by atoms with Crippen LogP contribution in [-0.4, -0.2) is 21.9 Å². The van der Waals surface area contributed by atoms with Crippen molar-refractivity contribution in [1.82, 2.24) is 15.3 Å². The zero-order valence-electron chi connectivity index (χ0n) is 14.8. The first-order valence-corrected chi connectivity index (χ1v) is 9.15. The lowest BCUT2D eigenvalue weighted by atomic mass is 10.1. The number of aromatic nitrogens is 2. The molecule has 25 heavy (non-hydrogen) atoms. The summed E-state index contributed by atoms with van der Waals surface area (Å²) in [6, 6.07) is 12.1. The van der Waals surface area contributed by atoms with Crippen molar-refractivity contribution in [1.29, 1.82) is 0 Å². The number of hydrogen-bond acceptors (Lipinski definition) is 4. The Hall–Kier alpha value is -2.43. The molecule has 3 rings (SSSR count). The zero-order chi connectivity index (χ0) is 17.5. The number of nitrogens with one attached hydrogen (secondary N) is 2. The fourth-order valence-corrected chi connectivity index (χ4v) is 3.25. The van der Waals surface area contributed by atoms with Gasteiger partial charge in [-0.1, -0.05) is 56.0 Å². The molecular formula is C20H26N4O. The van der Waals surface area contributed by atoms with Gasteiger partial charge in [-0.2, -0.15) is 0 Å². The van der Waals surface area contributed by atoms with Gasteiger partial charge in [0, 0.05) is 18.7 Å². The average Bonchev–Trinajstić information content (AvgIpc) is 2.89. The molecule has 0 saturated heterocycles. The van der Waals surface area contributed by atoms with Crippen molar-refractivity contribution >= 4 is 11.7 Å². The number of hydrogen-bond donors (Lipinski definition) is 2. The summed E-state index contributed by atoms with van der Waals surface area (Å²) < 4.78 is 0. The molecule has 5 heteroatoms. The number of amides is 1. The fourth-order valence-electron chi connectivity index (χ4n) is 3.25. The van der Waals surface area contributed by atoms with Crippen LogP contribution < -0.4 is 10.6 Å². The second-order valence-corrected chi connectivity index (χ2v) is 6.69. The summed E-state index contributed by atoms with van der Waals surface area (Å²) in [5.74, 6) is 1.19. The van der Waals surface area contributed by atoms with E-state index in [9.17, 15) is 4.79 Å². The van der Waals surface area contributed by atoms with E-state index >= 15 is 0 Å². The van der Waals surface area contributed by atoms with Crippen LogP contribution in [0, 0.1) is 6.92 Å². The van der Waals surface area contributed by atoms with E-state index in [1.54, 1.807) is 6.07 Å². The maximum atomic E-state index is 12.6. The number of rotatable bonds is 5. The van der Waals surface area contributed by atoms with Crippen LogP contribution in [0.25, 0.3) is 0 Å². The molecule has 1 aromatic heterocycles. The first kappa shape index (κ1) is 17.4. The number of aryl methyl sites for hydroxylation is 1. The van der Waals surface area contributed by atoms with Crippen molar-refractivity contribution in [2.24, 2.45) is 0 Å². The number of nitrogens with zero attached hydrogens (tertiary/aromatic N) is 2. The molecular weight excluding hydrogens is 312 g/mol. The molecule has 2 N–H and O–H groups in total. The van der Waals surface area contributed by atoms with Crippen molar-refractivity contribution in [3.63, 3.8) is 0 Å². The third-order valence-corrected chi connectivity index (χ3v) is 4.58. The molecule has 0 radical (unpaired) electrons. The molecule has 0 atom stereocenters. The summed E-state index contributed by atoms with van der Waals surface area (Å²) in [5, 5.41) is 6.43. The van der Waals surface area contributed by atoms with Crippen LogP contribution in [0.15, 0.2) is 36.4 Å². The van der Waals surface area contributed by atoms with E-state index in [4.69, 9.17) is 0 Å². The Morgan fingerprint density at radius 3 is 2.52 bits per heavy atom. The number of anilines is 1. The molecule has 1 amide bonds. The summed E-state index contributed by atoms with van der Waals surface area (Å²) in [4.78, 5) is 21.3. The van der Waals surface area contributed by atoms with E-state index in [-0.39, 0.29) is 11.9 Å². The maximum absolute atomic E-state index is 12.6. The lowest BCUT2D eigenvalue weighted by Crippen LogP contribution is -2.35. The van der Waals surface area contributed by atoms with Crippen LogP contribution in [0.5, 0.6) is 0 Å². The monoisotopic (exact) mass is 338 g/mol. The minimum Gasteiger partial charge on any atom is -0.366 e. The van der Waals surface area contributed by atoms with Gasteiger partial charge in [0.25, 0.3) is 5.91 Å². The summed E-state index contributed by atoms with van der Waals surface area (Å²) in [7, 11) is 0. The van der Waals surface area contributed by atoms with Crippen molar-refractivity contribution < 1.29 is 4.79 Å². The number of benzene rings is 1. The Bertz CT molecular complexity index is 694. The van der Waals surface area contributed by atoms with Crippen molar-refractivity contribution in [3.8, 4) is 0 Å². The number of carbonyl (C=O) groups excluding carboxylic acids is 1. The van der Waals surface area contributed by atoms with E-state index in [1.165, 1.54) is 31.2 Å². The van der Waals surface area contributed by atoms with Gasteiger partial charge in [-0.3, -0.25) is 4.79 Å². The summed E-state index contributed by atoms with van der Waals surface area (Å²) in [6.45, 7) is 2.48. The smallest absolute Gasteiger partial charge is 0.270 e. The minimum absolute atomic E-state index is 0.0971. The lowest BCUT2D eigenvalue weighted by molar-refractivity contribution is 0.0928. The van der Waals surface area contributed by atoms with E-state index in [0.29, 0.717) is 23.9 Å². The van der Waals surface area contributed by atoms with Gasteiger partial charge < -0.3 is 10.6 Å². The molecule has 0 aliphatic heterocycles. The molecule has 1 aliphatic rings. The van der Waals surface area contributed by atoms with Crippen LogP contribution in [-0.2, 0) is 6.54 Å². The van der Waals surface area contributed by atoms with Crippen molar-refractivity contribution in [3.05, 3.63) is 53.5 Å². The summed E-state index contributed by atoms with van der Waals surface area (Å²) >= 11 is 0. The molecule has 1 aromatic carbocycles. The predicted molar refractivity (Wildman–Crippen MR) is 99.5 cm³/mol. The SMILES string of the molecule is Cc1nc(NCc2ccccc2)cc(C(=O)NC2CCCCCC2)n1. The Labute approximate surface area is 149 Å². The van der Waals surface area contributed by atoms with E-state index in [2.05, 4.69) is 32.7 Å². The highest BCUT2D eigenvalue weighted by atomic mass is 16.1. The Balaban J connectivity index is 1.64. The van der Waals surface area contributed by atoms with Gasteiger partial charge in [-0.15, -0.1) is 0 Å². The van der Waals surface area contributed by atoms with E-state index in [0.717, 1.165) is 12.8 Å². The molecule has 5 nitrogen and oxygen atoms in total. The normalized spacial score (nSPS) is 15.4. The fraction of sp³-hybridized carbons (Fsp3) is 0.450. The van der Waals surface area contributed by atoms with E-state index in [1.807, 2.05) is 25.1 Å². The zero-order valence-corrected chi connectivity index (χ0v) is 14.8. The first-order chi connectivity index (χ1) is 12.2. The van der Waals surface area contributed by atoms with Crippen LogP contribution in [0.3, 0.4) is 0 Å². The molecule has 1 saturated carbocycles. The van der Waals surface area contributed by atoms with Crippen LogP contribution >= 0.6 is 0 Å². The molecule has 1 aliphatic carbocycles. The van der Waals surface area contributed by atoms with Crippen LogP contribution in [0.2, 0.25) is 0 Å². The van der Waals surface area contributed by atoms with Gasteiger partial charge in [0.05, 0.1) is 0 Å². The molecule has 2 aromatic rings. The van der Waals surface area contributed by atoms with Crippen molar-refractivity contribution in [2.45, 2.75) is 58.0 Å². The minimum atomic E-state index is -0.0971. The highest BCUT2D eigenvalue weighted by Crippen LogP contribution is 2.18. The van der Waals surface area contributed by atoms with Gasteiger partial charge in [0.15, 0.2) is 0 Å². The van der Waals surface area contributed by atoms with E-state index < -0.39 is 0 Å². The van der Waals surface area contributed by atoms with Gasteiger partial charge in [-0.05, 0) is 25.3 Å². The third-order valence-electron chi connectivity index (χ3n) is 4.58. The molecule has 1 heterocycles. The quantitative estimate of drug-likeness (QED) is 0.813. The number of carbonyl (C=O) groups is 1. The highest BCUT2D eigenvalue weighted by molar-refractivity contribution is 5.93. The largest absolute Gasteiger partial charge is 0.366 e. The van der Waals surface area contributed by atoms with Crippen LogP contribution in [0.4, 0.5) is 5.82 Å². The Kier molecular flexibility index (Phi) is 5.99. The topological polar surface area (TPSA) is 66.9 Å². The third kappa shape index (κ3) is 5.28. The molecule has 0 bridgehead atoms. The Morgan fingerprint density at radius 1 is 1.08 bits per heavy atom. The molecule has 0 unspecified atom stereocenters. The lowest BCUT2D eigenvalue weighted by Gasteiger charge is -2.16. The van der Waals surface area contributed by atoms with Gasteiger partial charge in [0.2, 0.25) is 0 Å². The molecule has 0 spiro atoms. The molecule has 132 valence electrons. The average molecular weight is 338 g/mol. The van der Waals surface area contributed by atoms with Crippen LogP contribution in [0.1, 0.15) is 60.4 Å². The Morgan fingerprint density at radius 2 is 1.80 bits per heavy atom. The van der Waals surface area contributed by atoms with Gasteiger partial charge in [0.1, 0.15) is 17.3 Å². The first-order valence-electron chi connectivity index (χ1n) is 9.15. The highest BCUT2D eigenvalue weighted by Gasteiger charge is 2.17. The molecule has 1 fully saturated rings. The second kappa shape index (κ2) is 8.60. The van der Waals surface area contributed by atoms with Crippen molar-refractivity contribution in [2.75, 3.05) is 5.32 Å². The van der Waals surface area contributed by atoms with Gasteiger partial charge in [-0.25, -0.2) is 9.97 Å². The second-order valence-electron chi connectivity index (χ2n) is 6.69. The summed E-state index contributed by atoms with van der Waals surface area (Å²) in [5.41, 5.74) is 1.61. The maximum Gasteiger partial charge on any atom is 0.270 e. The summed E-state index contributed by atoms with van der Waals surface area (Å²) in [6.07, 6.45) is 7.05. The van der Waals surface area contributed by atoms with Gasteiger partial charge >= 0.3 is 0 Å². The standard InChI is InChI=1S/C20H26N4O/c1-15-22-18(20(25)24-17-11-7-2-3-8-12-17)13-19(23-15)21-14-16-9-5-4-6-10-16/h4-6,9-10,13,17H,2-3,7-8,11-12,14H2,1H3,(H,24,25)(H,21,22,23). The predicted octanol–water partition coefficient (Wildman–Crippen LogP) is 3.85.